The van der Waals surface area contributed by atoms with Gasteiger partial charge in [-0.3, -0.25) is 4.90 Å². The molecule has 22 heavy (non-hydrogen) atoms. The van der Waals surface area contributed by atoms with Gasteiger partial charge in [-0.05, 0) is 36.1 Å². The van der Waals surface area contributed by atoms with E-state index in [1.165, 1.54) is 18.9 Å². The molecule has 0 aromatic heterocycles. The molecule has 2 aliphatic rings. The van der Waals surface area contributed by atoms with Crippen molar-refractivity contribution in [3.8, 4) is 0 Å². The largest absolute Gasteiger partial charge is 0.416 e. The summed E-state index contributed by atoms with van der Waals surface area (Å²) in [6.07, 6.45) is -0.911. The topological polar surface area (TPSA) is 15.3 Å². The maximum absolute atomic E-state index is 13.1. The minimum Gasteiger partial charge on any atom is -0.314 e. The van der Waals surface area contributed by atoms with Crippen LogP contribution in [-0.4, -0.2) is 31.1 Å². The van der Waals surface area contributed by atoms with Gasteiger partial charge >= 0.3 is 6.18 Å². The number of benzene rings is 1. The standard InChI is InChI=1S/C16H20BrF3N2/c17-14-9-12(8-13(10-14)16(18,19)20)15(7-11-1-2-11)22-5-3-21-4-6-22/h8-11,15,21H,1-7H2/t15-/m0/s1. The molecule has 3 rings (SSSR count). The van der Waals surface area contributed by atoms with Gasteiger partial charge in [0.1, 0.15) is 0 Å². The molecule has 2 fully saturated rings. The maximum atomic E-state index is 13.1. The number of halogens is 4. The molecule has 0 amide bonds. The minimum atomic E-state index is -4.30. The molecule has 1 aliphatic carbocycles. The van der Waals surface area contributed by atoms with Crippen LogP contribution in [0.4, 0.5) is 13.2 Å². The van der Waals surface area contributed by atoms with Crippen molar-refractivity contribution in [2.24, 2.45) is 5.92 Å². The first-order valence-corrected chi connectivity index (χ1v) is 8.55. The average molecular weight is 377 g/mol. The molecule has 1 aromatic carbocycles. The van der Waals surface area contributed by atoms with Crippen molar-refractivity contribution in [3.05, 3.63) is 33.8 Å². The number of nitrogens with zero attached hydrogens (tertiary/aromatic N) is 1. The third-order valence-corrected chi connectivity index (χ3v) is 4.94. The summed E-state index contributed by atoms with van der Waals surface area (Å²) in [6.45, 7) is 3.60. The lowest BCUT2D eigenvalue weighted by molar-refractivity contribution is -0.137. The van der Waals surface area contributed by atoms with Crippen LogP contribution >= 0.6 is 15.9 Å². The Bertz CT molecular complexity index is 523. The molecular formula is C16H20BrF3N2. The van der Waals surface area contributed by atoms with Crippen LogP contribution < -0.4 is 5.32 Å². The molecule has 1 heterocycles. The van der Waals surface area contributed by atoms with Gasteiger partial charge in [-0.15, -0.1) is 0 Å². The van der Waals surface area contributed by atoms with Crippen molar-refractivity contribution < 1.29 is 13.2 Å². The molecule has 1 saturated carbocycles. The zero-order chi connectivity index (χ0) is 15.7. The van der Waals surface area contributed by atoms with E-state index < -0.39 is 11.7 Å². The van der Waals surface area contributed by atoms with Crippen molar-refractivity contribution in [2.75, 3.05) is 26.2 Å². The van der Waals surface area contributed by atoms with Crippen molar-refractivity contribution >= 4 is 15.9 Å². The predicted molar refractivity (Wildman–Crippen MR) is 83.7 cm³/mol. The van der Waals surface area contributed by atoms with Crippen molar-refractivity contribution in [1.82, 2.24) is 10.2 Å². The van der Waals surface area contributed by atoms with E-state index in [4.69, 9.17) is 0 Å². The SMILES string of the molecule is FC(F)(F)c1cc(Br)cc([C@H](CC2CC2)N2CCNCC2)c1. The molecule has 6 heteroatoms. The van der Waals surface area contributed by atoms with Gasteiger partial charge in [0, 0.05) is 36.7 Å². The second kappa shape index (κ2) is 6.49. The Hall–Kier alpha value is -0.590. The van der Waals surface area contributed by atoms with Gasteiger partial charge in [-0.2, -0.15) is 13.2 Å². The molecule has 0 bridgehead atoms. The Kier molecular flexibility index (Phi) is 4.80. The highest BCUT2D eigenvalue weighted by Crippen LogP contribution is 2.42. The normalized spacial score (nSPS) is 21.8. The fraction of sp³-hybridized carbons (Fsp3) is 0.625. The quantitative estimate of drug-likeness (QED) is 0.846. The van der Waals surface area contributed by atoms with Gasteiger partial charge in [0.05, 0.1) is 5.56 Å². The number of hydrogen-bond donors (Lipinski definition) is 1. The number of nitrogens with one attached hydrogen (secondary N) is 1. The Morgan fingerprint density at radius 3 is 2.45 bits per heavy atom. The summed E-state index contributed by atoms with van der Waals surface area (Å²) in [5.74, 6) is 0.674. The van der Waals surface area contributed by atoms with Crippen molar-refractivity contribution in [2.45, 2.75) is 31.5 Å². The van der Waals surface area contributed by atoms with Gasteiger partial charge in [0.25, 0.3) is 0 Å². The third-order valence-electron chi connectivity index (χ3n) is 4.48. The van der Waals surface area contributed by atoms with Crippen LogP contribution in [0.25, 0.3) is 0 Å². The van der Waals surface area contributed by atoms with E-state index in [0.717, 1.165) is 44.2 Å². The van der Waals surface area contributed by atoms with E-state index in [1.54, 1.807) is 0 Å². The van der Waals surface area contributed by atoms with Gasteiger partial charge < -0.3 is 5.32 Å². The summed E-state index contributed by atoms with van der Waals surface area (Å²) in [5.41, 5.74) is 0.225. The highest BCUT2D eigenvalue weighted by molar-refractivity contribution is 9.10. The second-order valence-corrected chi connectivity index (χ2v) is 7.17. The van der Waals surface area contributed by atoms with Gasteiger partial charge in [-0.25, -0.2) is 0 Å². The Labute approximate surface area is 137 Å². The van der Waals surface area contributed by atoms with Crippen LogP contribution in [0.3, 0.4) is 0 Å². The number of piperazine rings is 1. The van der Waals surface area contributed by atoms with Crippen LogP contribution in [0.1, 0.15) is 36.4 Å². The summed E-state index contributed by atoms with van der Waals surface area (Å²) < 4.78 is 39.8. The fourth-order valence-corrected chi connectivity index (χ4v) is 3.64. The summed E-state index contributed by atoms with van der Waals surface area (Å²) in [6, 6.07) is 4.44. The lowest BCUT2D eigenvalue weighted by atomic mass is 9.97. The number of alkyl halides is 3. The number of hydrogen-bond acceptors (Lipinski definition) is 2. The lowest BCUT2D eigenvalue weighted by Gasteiger charge is -2.35. The van der Waals surface area contributed by atoms with Crippen LogP contribution in [0.15, 0.2) is 22.7 Å². The maximum Gasteiger partial charge on any atom is 0.416 e. The van der Waals surface area contributed by atoms with Gasteiger partial charge in [0.15, 0.2) is 0 Å². The zero-order valence-electron chi connectivity index (χ0n) is 12.3. The average Bonchev–Trinajstić information content (AvgIpc) is 3.28. The van der Waals surface area contributed by atoms with Gasteiger partial charge in [-0.1, -0.05) is 28.8 Å². The van der Waals surface area contributed by atoms with Gasteiger partial charge in [0.2, 0.25) is 0 Å². The smallest absolute Gasteiger partial charge is 0.314 e. The Morgan fingerprint density at radius 2 is 1.86 bits per heavy atom. The van der Waals surface area contributed by atoms with Crippen LogP contribution in [-0.2, 0) is 6.18 Å². The van der Waals surface area contributed by atoms with E-state index >= 15 is 0 Å². The summed E-state index contributed by atoms with van der Waals surface area (Å²) in [5, 5.41) is 3.31. The molecule has 0 radical (unpaired) electrons. The van der Waals surface area contributed by atoms with Crippen LogP contribution in [0.2, 0.25) is 0 Å². The molecule has 0 spiro atoms. The number of rotatable bonds is 4. The summed E-state index contributed by atoms with van der Waals surface area (Å²) in [7, 11) is 0. The van der Waals surface area contributed by atoms with E-state index in [9.17, 15) is 13.2 Å². The van der Waals surface area contributed by atoms with E-state index in [-0.39, 0.29) is 6.04 Å². The van der Waals surface area contributed by atoms with Crippen molar-refractivity contribution in [3.63, 3.8) is 0 Å². The summed E-state index contributed by atoms with van der Waals surface area (Å²) in [4.78, 5) is 2.33. The molecular weight excluding hydrogens is 357 g/mol. The monoisotopic (exact) mass is 376 g/mol. The first kappa shape index (κ1) is 16.3. The molecule has 2 nitrogen and oxygen atoms in total. The van der Waals surface area contributed by atoms with E-state index in [1.807, 2.05) is 6.07 Å². The Morgan fingerprint density at radius 1 is 1.18 bits per heavy atom. The second-order valence-electron chi connectivity index (χ2n) is 6.25. The third kappa shape index (κ3) is 4.03. The molecule has 122 valence electrons. The van der Waals surface area contributed by atoms with E-state index in [0.29, 0.717) is 10.4 Å². The molecule has 1 atom stereocenters. The highest BCUT2D eigenvalue weighted by Gasteiger charge is 2.34. The molecule has 1 N–H and O–H groups in total. The molecule has 0 unspecified atom stereocenters. The lowest BCUT2D eigenvalue weighted by Crippen LogP contribution is -2.45. The fourth-order valence-electron chi connectivity index (χ4n) is 3.13. The molecule has 1 aliphatic heterocycles. The Balaban J connectivity index is 1.90. The molecule has 1 aromatic rings. The minimum absolute atomic E-state index is 0.0909. The van der Waals surface area contributed by atoms with Crippen LogP contribution in [0.5, 0.6) is 0 Å². The van der Waals surface area contributed by atoms with Crippen LogP contribution in [0, 0.1) is 5.92 Å². The van der Waals surface area contributed by atoms with Crippen molar-refractivity contribution in [1.29, 1.82) is 0 Å². The first-order chi connectivity index (χ1) is 10.4. The predicted octanol–water partition coefficient (Wildman–Crippen LogP) is 4.21. The first-order valence-electron chi connectivity index (χ1n) is 7.76. The zero-order valence-corrected chi connectivity index (χ0v) is 13.9. The summed E-state index contributed by atoms with van der Waals surface area (Å²) >= 11 is 3.25. The highest BCUT2D eigenvalue weighted by atomic mass is 79.9. The molecule has 1 saturated heterocycles. The van der Waals surface area contributed by atoms with E-state index in [2.05, 4.69) is 26.1 Å².